The summed E-state index contributed by atoms with van der Waals surface area (Å²) in [5, 5.41) is 9.48. The van der Waals surface area contributed by atoms with Crippen LogP contribution in [0.3, 0.4) is 0 Å². The minimum atomic E-state index is 0.248. The molecule has 1 aromatic heterocycles. The number of methoxy groups -OCH3 is 2. The van der Waals surface area contributed by atoms with Gasteiger partial charge in [0, 0.05) is 22.9 Å². The summed E-state index contributed by atoms with van der Waals surface area (Å²) in [5.74, 6) is 1.57. The Kier molecular flexibility index (Phi) is 4.52. The highest BCUT2D eigenvalue weighted by Gasteiger charge is 2.19. The zero-order valence-corrected chi connectivity index (χ0v) is 13.2. The molecular weight excluding hydrogens is 278 g/mol. The maximum absolute atomic E-state index is 9.48. The molecule has 0 atom stereocenters. The number of hydrogen-bond acceptors (Lipinski definition) is 5. The van der Waals surface area contributed by atoms with E-state index in [1.165, 1.54) is 0 Å². The smallest absolute Gasteiger partial charge is 0.142 e. The van der Waals surface area contributed by atoms with Crippen LogP contribution in [0.15, 0.2) is 18.2 Å². The molecule has 0 aliphatic rings. The van der Waals surface area contributed by atoms with Crippen LogP contribution < -0.4 is 15.2 Å². The Balaban J connectivity index is 2.82. The highest BCUT2D eigenvalue weighted by atomic mass is 16.5. The fourth-order valence-corrected chi connectivity index (χ4v) is 2.54. The van der Waals surface area contributed by atoms with Crippen molar-refractivity contribution in [1.29, 1.82) is 5.26 Å². The van der Waals surface area contributed by atoms with E-state index in [0.717, 1.165) is 28.8 Å². The first kappa shape index (κ1) is 15.6. The Labute approximate surface area is 130 Å². The average molecular weight is 297 g/mol. The van der Waals surface area contributed by atoms with E-state index in [1.54, 1.807) is 20.3 Å². The molecule has 22 heavy (non-hydrogen) atoms. The molecule has 0 radical (unpaired) electrons. The molecule has 0 saturated carbocycles. The Hall–Kier alpha value is -2.74. The normalized spacial score (nSPS) is 10.1. The summed E-state index contributed by atoms with van der Waals surface area (Å²) in [6.45, 7) is 3.96. The number of anilines is 1. The second kappa shape index (κ2) is 6.35. The van der Waals surface area contributed by atoms with E-state index >= 15 is 0 Å². The molecule has 5 nitrogen and oxygen atoms in total. The van der Waals surface area contributed by atoms with Gasteiger partial charge in [-0.25, -0.2) is 4.98 Å². The fourth-order valence-electron chi connectivity index (χ4n) is 2.54. The van der Waals surface area contributed by atoms with Crippen LogP contribution in [0.1, 0.15) is 23.7 Å². The topological polar surface area (TPSA) is 81.2 Å². The SMILES string of the molecule is CCc1nc(N)c(C#N)c(-c2ccc(OC)cc2OC)c1C. The maximum Gasteiger partial charge on any atom is 0.142 e. The molecule has 1 heterocycles. The van der Waals surface area contributed by atoms with Crippen LogP contribution in [-0.4, -0.2) is 19.2 Å². The fraction of sp³-hybridized carbons (Fsp3) is 0.294. The number of ether oxygens (including phenoxy) is 2. The third-order valence-electron chi connectivity index (χ3n) is 3.69. The van der Waals surface area contributed by atoms with Crippen molar-refractivity contribution in [2.24, 2.45) is 0 Å². The number of nitrogens with zero attached hydrogens (tertiary/aromatic N) is 2. The van der Waals surface area contributed by atoms with Crippen molar-refractivity contribution in [2.45, 2.75) is 20.3 Å². The molecule has 1 aromatic carbocycles. The number of hydrogen-bond donors (Lipinski definition) is 1. The van der Waals surface area contributed by atoms with Gasteiger partial charge in [0.2, 0.25) is 0 Å². The predicted molar refractivity (Wildman–Crippen MR) is 86.0 cm³/mol. The molecule has 0 aliphatic carbocycles. The maximum atomic E-state index is 9.48. The molecule has 0 spiro atoms. The second-order valence-electron chi connectivity index (χ2n) is 4.85. The van der Waals surface area contributed by atoms with E-state index in [-0.39, 0.29) is 5.82 Å². The number of nitriles is 1. The van der Waals surface area contributed by atoms with Gasteiger partial charge in [-0.05, 0) is 31.0 Å². The standard InChI is InChI=1S/C17H19N3O2/c1-5-14-10(2)16(13(9-18)17(19)20-14)12-7-6-11(21-3)8-15(12)22-4/h6-8H,5H2,1-4H3,(H2,19,20). The minimum Gasteiger partial charge on any atom is -0.497 e. The number of aryl methyl sites for hydroxylation is 1. The highest BCUT2D eigenvalue weighted by molar-refractivity contribution is 5.82. The van der Waals surface area contributed by atoms with E-state index in [9.17, 15) is 5.26 Å². The summed E-state index contributed by atoms with van der Waals surface area (Å²) in [4.78, 5) is 4.33. The van der Waals surface area contributed by atoms with E-state index in [0.29, 0.717) is 17.1 Å². The van der Waals surface area contributed by atoms with Crippen molar-refractivity contribution in [3.63, 3.8) is 0 Å². The summed E-state index contributed by atoms with van der Waals surface area (Å²) in [6.07, 6.45) is 0.743. The molecule has 2 N–H and O–H groups in total. The molecule has 0 amide bonds. The lowest BCUT2D eigenvalue weighted by Crippen LogP contribution is -2.05. The van der Waals surface area contributed by atoms with Crippen LogP contribution in [0, 0.1) is 18.3 Å². The van der Waals surface area contributed by atoms with Crippen molar-refractivity contribution in [1.82, 2.24) is 4.98 Å². The number of nitrogen functional groups attached to an aromatic ring is 1. The molecule has 2 aromatic rings. The zero-order chi connectivity index (χ0) is 16.3. The first-order chi connectivity index (χ1) is 10.6. The molecule has 0 bridgehead atoms. The van der Waals surface area contributed by atoms with Crippen molar-refractivity contribution < 1.29 is 9.47 Å². The Morgan fingerprint density at radius 2 is 2.00 bits per heavy atom. The van der Waals surface area contributed by atoms with E-state index in [2.05, 4.69) is 11.1 Å². The Morgan fingerprint density at radius 1 is 1.27 bits per heavy atom. The first-order valence-corrected chi connectivity index (χ1v) is 6.98. The van der Waals surface area contributed by atoms with Gasteiger partial charge in [-0.15, -0.1) is 0 Å². The molecule has 0 saturated heterocycles. The van der Waals surface area contributed by atoms with Gasteiger partial charge in [-0.2, -0.15) is 5.26 Å². The summed E-state index contributed by atoms with van der Waals surface area (Å²) in [5.41, 5.74) is 9.73. The molecule has 114 valence electrons. The summed E-state index contributed by atoms with van der Waals surface area (Å²) >= 11 is 0. The predicted octanol–water partition coefficient (Wildman–Crippen LogP) is 3.09. The lowest BCUT2D eigenvalue weighted by molar-refractivity contribution is 0.395. The zero-order valence-electron chi connectivity index (χ0n) is 13.2. The van der Waals surface area contributed by atoms with Gasteiger partial charge in [0.25, 0.3) is 0 Å². The summed E-state index contributed by atoms with van der Waals surface area (Å²) in [7, 11) is 3.19. The number of rotatable bonds is 4. The third kappa shape index (κ3) is 2.56. The van der Waals surface area contributed by atoms with E-state index in [4.69, 9.17) is 15.2 Å². The third-order valence-corrected chi connectivity index (χ3v) is 3.69. The van der Waals surface area contributed by atoms with Crippen LogP contribution in [0.25, 0.3) is 11.1 Å². The van der Waals surface area contributed by atoms with Crippen LogP contribution in [0.5, 0.6) is 11.5 Å². The van der Waals surface area contributed by atoms with Gasteiger partial charge in [0.15, 0.2) is 0 Å². The van der Waals surface area contributed by atoms with E-state index in [1.807, 2.05) is 26.0 Å². The Bertz CT molecular complexity index is 748. The molecular formula is C17H19N3O2. The van der Waals surface area contributed by atoms with Gasteiger partial charge >= 0.3 is 0 Å². The van der Waals surface area contributed by atoms with Gasteiger partial charge < -0.3 is 15.2 Å². The van der Waals surface area contributed by atoms with Crippen molar-refractivity contribution >= 4 is 5.82 Å². The number of nitrogens with two attached hydrogens (primary N) is 1. The molecule has 0 fully saturated rings. The van der Waals surface area contributed by atoms with Crippen LogP contribution in [0.4, 0.5) is 5.82 Å². The van der Waals surface area contributed by atoms with Crippen LogP contribution in [0.2, 0.25) is 0 Å². The van der Waals surface area contributed by atoms with Crippen LogP contribution >= 0.6 is 0 Å². The monoisotopic (exact) mass is 297 g/mol. The van der Waals surface area contributed by atoms with Crippen molar-refractivity contribution in [3.8, 4) is 28.7 Å². The summed E-state index contributed by atoms with van der Waals surface area (Å²) in [6, 6.07) is 7.66. The number of aromatic nitrogens is 1. The van der Waals surface area contributed by atoms with Gasteiger partial charge in [0.05, 0.1) is 14.2 Å². The molecule has 2 rings (SSSR count). The van der Waals surface area contributed by atoms with Crippen molar-refractivity contribution in [3.05, 3.63) is 35.0 Å². The largest absolute Gasteiger partial charge is 0.497 e. The molecule has 0 aliphatic heterocycles. The number of benzene rings is 1. The van der Waals surface area contributed by atoms with Gasteiger partial charge in [-0.3, -0.25) is 0 Å². The van der Waals surface area contributed by atoms with E-state index < -0.39 is 0 Å². The average Bonchev–Trinajstić information content (AvgIpc) is 2.55. The second-order valence-corrected chi connectivity index (χ2v) is 4.85. The quantitative estimate of drug-likeness (QED) is 0.937. The highest BCUT2D eigenvalue weighted by Crippen LogP contribution is 2.39. The van der Waals surface area contributed by atoms with Gasteiger partial charge in [0.1, 0.15) is 28.9 Å². The molecule has 0 unspecified atom stereocenters. The van der Waals surface area contributed by atoms with Crippen LogP contribution in [-0.2, 0) is 6.42 Å². The lowest BCUT2D eigenvalue weighted by atomic mass is 9.93. The van der Waals surface area contributed by atoms with Crippen molar-refractivity contribution in [2.75, 3.05) is 20.0 Å². The first-order valence-electron chi connectivity index (χ1n) is 6.98. The summed E-state index contributed by atoms with van der Waals surface area (Å²) < 4.78 is 10.7. The van der Waals surface area contributed by atoms with Gasteiger partial charge in [-0.1, -0.05) is 6.92 Å². The Morgan fingerprint density at radius 3 is 2.55 bits per heavy atom. The molecule has 5 heteroatoms. The minimum absolute atomic E-state index is 0.248. The number of pyridine rings is 1. The lowest BCUT2D eigenvalue weighted by Gasteiger charge is -2.17.